The summed E-state index contributed by atoms with van der Waals surface area (Å²) in [6, 6.07) is 31.2. The van der Waals surface area contributed by atoms with Crippen molar-refractivity contribution in [2.45, 2.75) is 26.3 Å². The van der Waals surface area contributed by atoms with Crippen LogP contribution in [0.4, 0.5) is 5.69 Å². The number of amides is 1. The molecular weight excluding hydrogens is 556 g/mol. The van der Waals surface area contributed by atoms with Gasteiger partial charge in [0.1, 0.15) is 12.4 Å². The third kappa shape index (κ3) is 6.32. The molecule has 0 saturated carbocycles. The molecule has 0 fully saturated rings. The monoisotopic (exact) mass is 586 g/mol. The van der Waals surface area contributed by atoms with Gasteiger partial charge in [-0.05, 0) is 53.4 Å². The summed E-state index contributed by atoms with van der Waals surface area (Å²) in [5, 5.41) is 3.22. The zero-order valence-corrected chi connectivity index (χ0v) is 24.3. The number of nitrogens with zero attached hydrogens (tertiary/aromatic N) is 1. The lowest BCUT2D eigenvalue weighted by molar-refractivity contribution is -0.116. The summed E-state index contributed by atoms with van der Waals surface area (Å²) in [5.74, 6) is -0.0133. The van der Waals surface area contributed by atoms with Crippen molar-refractivity contribution in [3.63, 3.8) is 0 Å². The van der Waals surface area contributed by atoms with Gasteiger partial charge in [0, 0.05) is 16.2 Å². The van der Waals surface area contributed by atoms with Gasteiger partial charge in [0.15, 0.2) is 4.91 Å². The Balaban J connectivity index is 1.48. The second kappa shape index (κ2) is 12.6. The fourth-order valence-electron chi connectivity index (χ4n) is 4.91. The molecule has 6 nitrogen and oxygen atoms in total. The van der Waals surface area contributed by atoms with Gasteiger partial charge in [-0.15, -0.1) is 0 Å². The van der Waals surface area contributed by atoms with Crippen molar-refractivity contribution < 1.29 is 17.9 Å². The van der Waals surface area contributed by atoms with Gasteiger partial charge >= 0.3 is 0 Å². The number of carbonyl (C=O) groups excluding carboxylic acids is 1. The van der Waals surface area contributed by atoms with Gasteiger partial charge in [-0.3, -0.25) is 9.10 Å². The molecule has 41 heavy (non-hydrogen) atoms. The highest BCUT2D eigenvalue weighted by Gasteiger charge is 2.41. The highest BCUT2D eigenvalue weighted by Crippen LogP contribution is 2.44. The minimum absolute atomic E-state index is 0.0633. The number of anilines is 1. The van der Waals surface area contributed by atoms with E-state index in [-0.39, 0.29) is 24.6 Å². The summed E-state index contributed by atoms with van der Waals surface area (Å²) in [4.78, 5) is 13.4. The average molecular weight is 587 g/mol. The van der Waals surface area contributed by atoms with Crippen LogP contribution in [-0.4, -0.2) is 27.5 Å². The average Bonchev–Trinajstić information content (AvgIpc) is 2.98. The van der Waals surface area contributed by atoms with Crippen LogP contribution >= 0.6 is 11.6 Å². The summed E-state index contributed by atoms with van der Waals surface area (Å²) in [7, 11) is -4.27. The second-order valence-corrected chi connectivity index (χ2v) is 12.0. The number of nitrogens with one attached hydrogen (secondary N) is 1. The number of fused-ring (bicyclic) bond motifs is 1. The smallest absolute Gasteiger partial charge is 0.270 e. The summed E-state index contributed by atoms with van der Waals surface area (Å²) >= 11 is 6.42. The Morgan fingerprint density at radius 3 is 2.24 bits per heavy atom. The first-order chi connectivity index (χ1) is 19.9. The molecule has 0 saturated heterocycles. The lowest BCUT2D eigenvalue weighted by atomic mass is 9.95. The second-order valence-electron chi connectivity index (χ2n) is 9.73. The van der Waals surface area contributed by atoms with Crippen LogP contribution in [0.5, 0.6) is 5.75 Å². The van der Waals surface area contributed by atoms with Gasteiger partial charge < -0.3 is 10.1 Å². The Morgan fingerprint density at radius 2 is 1.56 bits per heavy atom. The third-order valence-electron chi connectivity index (χ3n) is 6.83. The molecule has 1 aliphatic heterocycles. The van der Waals surface area contributed by atoms with Crippen molar-refractivity contribution in [1.82, 2.24) is 5.32 Å². The Labute approximate surface area is 246 Å². The summed E-state index contributed by atoms with van der Waals surface area (Å²) in [6.07, 6.45) is 2.06. The van der Waals surface area contributed by atoms with E-state index in [1.165, 1.54) is 9.87 Å². The number of ether oxygens (including phenoxy) is 1. The predicted molar refractivity (Wildman–Crippen MR) is 164 cm³/mol. The molecule has 5 rings (SSSR count). The van der Waals surface area contributed by atoms with Crippen LogP contribution < -0.4 is 14.4 Å². The van der Waals surface area contributed by atoms with Crippen molar-refractivity contribution in [2.75, 3.05) is 17.5 Å². The molecule has 210 valence electrons. The standard InChI is InChI=1S/C33H31ClN2O4S/c1-2-9-24-14-17-28(18-15-24)40-21-20-35-33(37)32-31(26-12-7-4-8-13-26)29-22-27(34)16-19-30(29)36(41(32,38)39)23-25-10-5-3-6-11-25/h3-8,10-19,22H,2,9,20-21,23H2,1H3,(H,35,37). The van der Waals surface area contributed by atoms with E-state index in [2.05, 4.69) is 12.2 Å². The van der Waals surface area contributed by atoms with Gasteiger partial charge in [0.2, 0.25) is 0 Å². The molecular formula is C33H31ClN2O4S. The maximum Gasteiger partial charge on any atom is 0.270 e. The fourth-order valence-corrected chi connectivity index (χ4v) is 6.84. The first kappa shape index (κ1) is 28.5. The maximum atomic E-state index is 14.3. The SMILES string of the molecule is CCCc1ccc(OCCNC(=O)C2=C(c3ccccc3)c3cc(Cl)ccc3N(Cc3ccccc3)S2(=O)=O)cc1. The van der Waals surface area contributed by atoms with E-state index in [4.69, 9.17) is 16.3 Å². The molecule has 0 unspecified atom stereocenters. The Kier molecular flexibility index (Phi) is 8.76. The minimum Gasteiger partial charge on any atom is -0.492 e. The molecule has 1 amide bonds. The van der Waals surface area contributed by atoms with Crippen LogP contribution in [0.25, 0.3) is 5.57 Å². The predicted octanol–water partition coefficient (Wildman–Crippen LogP) is 6.60. The van der Waals surface area contributed by atoms with Crippen molar-refractivity contribution in [3.8, 4) is 5.75 Å². The molecule has 4 aromatic carbocycles. The molecule has 0 spiro atoms. The van der Waals surface area contributed by atoms with Crippen LogP contribution in [0.15, 0.2) is 108 Å². The van der Waals surface area contributed by atoms with Gasteiger partial charge in [0.05, 0.1) is 18.8 Å². The van der Waals surface area contributed by atoms with Crippen molar-refractivity contribution in [3.05, 3.63) is 135 Å². The van der Waals surface area contributed by atoms with E-state index in [0.717, 1.165) is 18.4 Å². The Bertz CT molecular complexity index is 1650. The molecule has 1 heterocycles. The molecule has 0 aromatic heterocycles. The molecule has 8 heteroatoms. The lowest BCUT2D eigenvalue weighted by Crippen LogP contribution is -2.42. The molecule has 0 aliphatic carbocycles. The number of hydrogen-bond donors (Lipinski definition) is 1. The number of sulfonamides is 1. The molecule has 0 atom stereocenters. The van der Waals surface area contributed by atoms with Crippen molar-refractivity contribution in [1.29, 1.82) is 0 Å². The number of hydrogen-bond acceptors (Lipinski definition) is 4. The highest BCUT2D eigenvalue weighted by atomic mass is 35.5. The van der Waals surface area contributed by atoms with Crippen LogP contribution in [0, 0.1) is 0 Å². The van der Waals surface area contributed by atoms with Crippen LogP contribution in [-0.2, 0) is 27.8 Å². The number of carbonyl (C=O) groups is 1. The quantitative estimate of drug-likeness (QED) is 0.213. The number of aryl methyl sites for hydroxylation is 1. The largest absolute Gasteiger partial charge is 0.492 e. The van der Waals surface area contributed by atoms with Crippen LogP contribution in [0.3, 0.4) is 0 Å². The van der Waals surface area contributed by atoms with Crippen molar-refractivity contribution in [2.24, 2.45) is 0 Å². The van der Waals surface area contributed by atoms with E-state index in [1.54, 1.807) is 30.3 Å². The van der Waals surface area contributed by atoms with Gasteiger partial charge in [-0.25, -0.2) is 8.42 Å². The molecule has 4 aromatic rings. The zero-order chi connectivity index (χ0) is 28.8. The van der Waals surface area contributed by atoms with E-state index in [0.29, 0.717) is 33.2 Å². The normalized spacial score (nSPS) is 14.0. The van der Waals surface area contributed by atoms with Crippen LogP contribution in [0.2, 0.25) is 5.02 Å². The summed E-state index contributed by atoms with van der Waals surface area (Å²) < 4.78 is 35.6. The first-order valence-electron chi connectivity index (χ1n) is 13.5. The number of rotatable bonds is 10. The van der Waals surface area contributed by atoms with E-state index >= 15 is 0 Å². The molecule has 1 aliphatic rings. The maximum absolute atomic E-state index is 14.3. The lowest BCUT2D eigenvalue weighted by Gasteiger charge is -2.33. The molecule has 0 bridgehead atoms. The Morgan fingerprint density at radius 1 is 0.878 bits per heavy atom. The topological polar surface area (TPSA) is 75.7 Å². The molecule has 0 radical (unpaired) electrons. The minimum atomic E-state index is -4.27. The van der Waals surface area contributed by atoms with E-state index < -0.39 is 15.9 Å². The Hall–Kier alpha value is -4.07. The van der Waals surface area contributed by atoms with Crippen molar-refractivity contribution >= 4 is 38.8 Å². The van der Waals surface area contributed by atoms with E-state index in [1.807, 2.05) is 72.8 Å². The van der Waals surface area contributed by atoms with Gasteiger partial charge in [-0.1, -0.05) is 97.7 Å². The summed E-state index contributed by atoms with van der Waals surface area (Å²) in [5.41, 5.74) is 3.98. The van der Waals surface area contributed by atoms with E-state index in [9.17, 15) is 13.2 Å². The number of halogens is 1. The molecule has 1 N–H and O–H groups in total. The fraction of sp³-hybridized carbons (Fsp3) is 0.182. The third-order valence-corrected chi connectivity index (χ3v) is 8.87. The summed E-state index contributed by atoms with van der Waals surface area (Å²) in [6.45, 7) is 2.50. The van der Waals surface area contributed by atoms with Gasteiger partial charge in [-0.2, -0.15) is 0 Å². The highest BCUT2D eigenvalue weighted by molar-refractivity contribution is 7.97. The first-order valence-corrected chi connectivity index (χ1v) is 15.4. The number of benzene rings is 4. The van der Waals surface area contributed by atoms with Gasteiger partial charge in [0.25, 0.3) is 15.9 Å². The zero-order valence-electron chi connectivity index (χ0n) is 22.7. The van der Waals surface area contributed by atoms with Crippen LogP contribution in [0.1, 0.15) is 35.6 Å².